The first-order chi connectivity index (χ1) is 11.3. The molecule has 0 spiro atoms. The molecule has 3 N–H and O–H groups in total. The molecule has 0 aliphatic heterocycles. The molecule has 23 heavy (non-hydrogen) atoms. The largest absolute Gasteiger partial charge is 0.369 e. The predicted octanol–water partition coefficient (Wildman–Crippen LogP) is 2.36. The Morgan fingerprint density at radius 3 is 2.91 bits per heavy atom. The smallest absolute Gasteiger partial charge is 0.254 e. The second kappa shape index (κ2) is 6.91. The molecule has 0 atom stereocenters. The molecule has 0 saturated carbocycles. The van der Waals surface area contributed by atoms with Gasteiger partial charge in [-0.15, -0.1) is 0 Å². The van der Waals surface area contributed by atoms with Crippen molar-refractivity contribution in [1.29, 1.82) is 0 Å². The number of H-pyrrole nitrogens is 1. The molecule has 3 aromatic rings. The van der Waals surface area contributed by atoms with Crippen LogP contribution in [0, 0.1) is 0 Å². The van der Waals surface area contributed by atoms with Crippen LogP contribution in [0.25, 0.3) is 11.0 Å². The minimum absolute atomic E-state index is 0.141. The van der Waals surface area contributed by atoms with E-state index in [1.807, 2.05) is 24.3 Å². The standard InChI is InChI=1S/C17H19N5O/c1-18-17(23)12-6-4-10-19-16(12)20-11-5-9-15-21-13-7-2-3-8-14(13)22-15/h2-4,6-8,10H,5,9,11H2,1H3,(H,18,23)(H,19,20)(H,21,22). The molecule has 0 fully saturated rings. The highest BCUT2D eigenvalue weighted by Crippen LogP contribution is 2.13. The van der Waals surface area contributed by atoms with E-state index in [1.54, 1.807) is 25.4 Å². The van der Waals surface area contributed by atoms with Crippen LogP contribution in [-0.2, 0) is 6.42 Å². The zero-order valence-electron chi connectivity index (χ0n) is 13.0. The number of imidazole rings is 1. The number of aromatic nitrogens is 3. The molecule has 0 unspecified atom stereocenters. The van der Waals surface area contributed by atoms with Crippen LogP contribution < -0.4 is 10.6 Å². The molecule has 118 valence electrons. The summed E-state index contributed by atoms with van der Waals surface area (Å²) in [5.74, 6) is 1.44. The number of anilines is 1. The Morgan fingerprint density at radius 2 is 2.09 bits per heavy atom. The summed E-state index contributed by atoms with van der Waals surface area (Å²) in [7, 11) is 1.61. The van der Waals surface area contributed by atoms with Crippen molar-refractivity contribution in [2.24, 2.45) is 0 Å². The molecule has 2 aromatic heterocycles. The van der Waals surface area contributed by atoms with Gasteiger partial charge >= 0.3 is 0 Å². The molecule has 0 bridgehead atoms. The van der Waals surface area contributed by atoms with Crippen molar-refractivity contribution in [3.8, 4) is 0 Å². The molecule has 3 rings (SSSR count). The molecule has 0 aliphatic rings. The summed E-state index contributed by atoms with van der Waals surface area (Å²) >= 11 is 0. The average molecular weight is 309 g/mol. The van der Waals surface area contributed by atoms with Crippen molar-refractivity contribution in [2.45, 2.75) is 12.8 Å². The summed E-state index contributed by atoms with van der Waals surface area (Å²) < 4.78 is 0. The Morgan fingerprint density at radius 1 is 1.22 bits per heavy atom. The quantitative estimate of drug-likeness (QED) is 0.610. The molecule has 0 radical (unpaired) electrons. The summed E-state index contributed by atoms with van der Waals surface area (Å²) in [4.78, 5) is 23.9. The van der Waals surface area contributed by atoms with E-state index in [4.69, 9.17) is 0 Å². The van der Waals surface area contributed by atoms with Gasteiger partial charge in [0.15, 0.2) is 0 Å². The van der Waals surface area contributed by atoms with Gasteiger partial charge in [-0.25, -0.2) is 9.97 Å². The average Bonchev–Trinajstić information content (AvgIpc) is 3.01. The predicted molar refractivity (Wildman–Crippen MR) is 90.5 cm³/mol. The first-order valence-corrected chi connectivity index (χ1v) is 7.62. The number of carbonyl (C=O) groups is 1. The topological polar surface area (TPSA) is 82.7 Å². The number of rotatable bonds is 6. The first-order valence-electron chi connectivity index (χ1n) is 7.62. The number of aromatic amines is 1. The molecule has 6 heteroatoms. The van der Waals surface area contributed by atoms with E-state index in [0.29, 0.717) is 11.4 Å². The lowest BCUT2D eigenvalue weighted by molar-refractivity contribution is 0.0963. The molecule has 6 nitrogen and oxygen atoms in total. The van der Waals surface area contributed by atoms with Gasteiger partial charge in [-0.1, -0.05) is 12.1 Å². The number of nitrogens with one attached hydrogen (secondary N) is 3. The van der Waals surface area contributed by atoms with Gasteiger partial charge in [0.05, 0.1) is 16.6 Å². The fourth-order valence-electron chi connectivity index (χ4n) is 2.45. The van der Waals surface area contributed by atoms with Gasteiger partial charge in [0.1, 0.15) is 11.6 Å². The molecule has 0 aliphatic carbocycles. The summed E-state index contributed by atoms with van der Waals surface area (Å²) in [6.07, 6.45) is 3.40. The lowest BCUT2D eigenvalue weighted by Gasteiger charge is -2.09. The highest BCUT2D eigenvalue weighted by molar-refractivity contribution is 5.98. The van der Waals surface area contributed by atoms with E-state index >= 15 is 0 Å². The maximum atomic E-state index is 11.8. The monoisotopic (exact) mass is 309 g/mol. The van der Waals surface area contributed by atoms with Crippen molar-refractivity contribution < 1.29 is 4.79 Å². The van der Waals surface area contributed by atoms with Crippen LogP contribution in [0.1, 0.15) is 22.6 Å². The van der Waals surface area contributed by atoms with Crippen molar-refractivity contribution >= 4 is 22.8 Å². The number of nitrogens with zero attached hydrogens (tertiary/aromatic N) is 2. The van der Waals surface area contributed by atoms with Crippen LogP contribution in [0.3, 0.4) is 0 Å². The van der Waals surface area contributed by atoms with Gasteiger partial charge in [-0.3, -0.25) is 4.79 Å². The number of hydrogen-bond donors (Lipinski definition) is 3. The van der Waals surface area contributed by atoms with Gasteiger partial charge in [0.25, 0.3) is 5.91 Å². The van der Waals surface area contributed by atoms with Crippen molar-refractivity contribution in [1.82, 2.24) is 20.3 Å². The number of hydrogen-bond acceptors (Lipinski definition) is 4. The number of carbonyl (C=O) groups excluding carboxylic acids is 1. The molecule has 0 saturated heterocycles. The summed E-state index contributed by atoms with van der Waals surface area (Å²) in [5, 5.41) is 5.84. The Hall–Kier alpha value is -2.89. The van der Waals surface area contributed by atoms with Crippen LogP contribution in [-0.4, -0.2) is 34.5 Å². The lowest BCUT2D eigenvalue weighted by atomic mass is 10.2. The van der Waals surface area contributed by atoms with Crippen LogP contribution in [0.4, 0.5) is 5.82 Å². The van der Waals surface area contributed by atoms with Crippen molar-refractivity contribution in [3.05, 3.63) is 54.0 Å². The Bertz CT molecular complexity index is 778. The molecule has 2 heterocycles. The molecule has 1 amide bonds. The number of pyridine rings is 1. The number of benzene rings is 1. The Kier molecular flexibility index (Phi) is 4.52. The van der Waals surface area contributed by atoms with E-state index in [0.717, 1.165) is 36.2 Å². The van der Waals surface area contributed by atoms with Crippen molar-refractivity contribution in [2.75, 3.05) is 18.9 Å². The highest BCUT2D eigenvalue weighted by Gasteiger charge is 2.10. The lowest BCUT2D eigenvalue weighted by Crippen LogP contribution is -2.20. The normalized spacial score (nSPS) is 10.7. The Balaban J connectivity index is 1.57. The number of para-hydroxylation sites is 2. The van der Waals surface area contributed by atoms with Gasteiger partial charge in [0, 0.05) is 26.2 Å². The Labute approximate surface area is 134 Å². The van der Waals surface area contributed by atoms with Gasteiger partial charge < -0.3 is 15.6 Å². The second-order valence-electron chi connectivity index (χ2n) is 5.21. The third-order valence-electron chi connectivity index (χ3n) is 3.60. The molecular weight excluding hydrogens is 290 g/mol. The van der Waals surface area contributed by atoms with Gasteiger partial charge in [-0.05, 0) is 30.7 Å². The number of aryl methyl sites for hydroxylation is 1. The summed E-state index contributed by atoms with van der Waals surface area (Å²) in [6.45, 7) is 0.720. The third-order valence-corrected chi connectivity index (χ3v) is 3.60. The number of fused-ring (bicyclic) bond motifs is 1. The minimum atomic E-state index is -0.141. The first kappa shape index (κ1) is 15.0. The fraction of sp³-hybridized carbons (Fsp3) is 0.235. The van der Waals surface area contributed by atoms with Crippen LogP contribution >= 0.6 is 0 Å². The highest BCUT2D eigenvalue weighted by atomic mass is 16.1. The van der Waals surface area contributed by atoms with E-state index in [1.165, 1.54) is 0 Å². The minimum Gasteiger partial charge on any atom is -0.369 e. The van der Waals surface area contributed by atoms with Crippen molar-refractivity contribution in [3.63, 3.8) is 0 Å². The maximum absolute atomic E-state index is 11.8. The molecular formula is C17H19N5O. The van der Waals surface area contributed by atoms with Crippen LogP contribution in [0.2, 0.25) is 0 Å². The molecule has 1 aromatic carbocycles. The fourth-order valence-corrected chi connectivity index (χ4v) is 2.45. The summed E-state index contributed by atoms with van der Waals surface area (Å²) in [6, 6.07) is 11.5. The van der Waals surface area contributed by atoms with E-state index in [2.05, 4.69) is 25.6 Å². The zero-order valence-corrected chi connectivity index (χ0v) is 13.0. The zero-order chi connectivity index (χ0) is 16.1. The SMILES string of the molecule is CNC(=O)c1cccnc1NCCCc1nc2ccccc2[nH]1. The van der Waals surface area contributed by atoms with Gasteiger partial charge in [-0.2, -0.15) is 0 Å². The van der Waals surface area contributed by atoms with E-state index in [9.17, 15) is 4.79 Å². The number of amides is 1. The third kappa shape index (κ3) is 3.48. The van der Waals surface area contributed by atoms with Gasteiger partial charge in [0.2, 0.25) is 0 Å². The van der Waals surface area contributed by atoms with Crippen LogP contribution in [0.5, 0.6) is 0 Å². The summed E-state index contributed by atoms with van der Waals surface area (Å²) in [5.41, 5.74) is 2.60. The van der Waals surface area contributed by atoms with E-state index < -0.39 is 0 Å². The van der Waals surface area contributed by atoms with E-state index in [-0.39, 0.29) is 5.91 Å². The second-order valence-corrected chi connectivity index (χ2v) is 5.21. The van der Waals surface area contributed by atoms with Crippen LogP contribution in [0.15, 0.2) is 42.6 Å². The maximum Gasteiger partial charge on any atom is 0.254 e.